The van der Waals surface area contributed by atoms with Crippen LogP contribution in [0.15, 0.2) is 0 Å². The number of fused-ring (bicyclic) bond motifs is 1. The highest BCUT2D eigenvalue weighted by Gasteiger charge is 2.34. The normalized spacial score (nSPS) is 38.1. The number of Topliss-reactive ketones (excluding diaryl/α,β-unsaturated/α-hetero) is 1. The van der Waals surface area contributed by atoms with Crippen molar-refractivity contribution < 1.29 is 4.79 Å². The van der Waals surface area contributed by atoms with Crippen molar-refractivity contribution in [2.75, 3.05) is 0 Å². The molecule has 2 aliphatic carbocycles. The van der Waals surface area contributed by atoms with Crippen LogP contribution in [0.5, 0.6) is 0 Å². The second-order valence-electron chi connectivity index (χ2n) is 5.27. The third kappa shape index (κ3) is 2.18. The minimum Gasteiger partial charge on any atom is -0.300 e. The Hall–Kier alpha value is -0.330. The quantitative estimate of drug-likeness (QED) is 0.656. The molecule has 1 heteroatoms. The summed E-state index contributed by atoms with van der Waals surface area (Å²) in [6.07, 6.45) is 9.88. The third-order valence-corrected chi connectivity index (χ3v) is 4.23. The average molecular weight is 194 g/mol. The van der Waals surface area contributed by atoms with E-state index in [-0.39, 0.29) is 0 Å². The van der Waals surface area contributed by atoms with E-state index in [1.807, 2.05) is 0 Å². The minimum absolute atomic E-state index is 0.528. The maximum Gasteiger partial charge on any atom is 0.133 e. The van der Waals surface area contributed by atoms with Crippen molar-refractivity contribution in [3.8, 4) is 0 Å². The second kappa shape index (κ2) is 4.46. The summed E-state index contributed by atoms with van der Waals surface area (Å²) in [5.74, 6) is 3.18. The van der Waals surface area contributed by atoms with Gasteiger partial charge in [-0.15, -0.1) is 0 Å². The molecule has 2 aliphatic rings. The van der Waals surface area contributed by atoms with Gasteiger partial charge in [-0.2, -0.15) is 0 Å². The van der Waals surface area contributed by atoms with Gasteiger partial charge in [-0.05, 0) is 37.0 Å². The van der Waals surface area contributed by atoms with Crippen molar-refractivity contribution >= 4 is 5.78 Å². The Morgan fingerprint density at radius 3 is 2.86 bits per heavy atom. The van der Waals surface area contributed by atoms with Crippen LogP contribution in [0.3, 0.4) is 0 Å². The Bertz CT molecular complexity index is 209. The van der Waals surface area contributed by atoms with E-state index >= 15 is 0 Å². The molecule has 80 valence electrons. The maximum absolute atomic E-state index is 11.3. The van der Waals surface area contributed by atoms with E-state index in [2.05, 4.69) is 6.92 Å². The summed E-state index contributed by atoms with van der Waals surface area (Å²) in [4.78, 5) is 11.3. The van der Waals surface area contributed by atoms with Crippen molar-refractivity contribution in [3.63, 3.8) is 0 Å². The fraction of sp³-hybridized carbons (Fsp3) is 0.923. The van der Waals surface area contributed by atoms with Crippen molar-refractivity contribution in [2.45, 2.75) is 58.3 Å². The van der Waals surface area contributed by atoms with E-state index in [4.69, 9.17) is 0 Å². The summed E-state index contributed by atoms with van der Waals surface area (Å²) in [6, 6.07) is 0. The van der Waals surface area contributed by atoms with Crippen LogP contribution in [-0.4, -0.2) is 5.78 Å². The summed E-state index contributed by atoms with van der Waals surface area (Å²) in [5, 5.41) is 0. The lowest BCUT2D eigenvalue weighted by Crippen LogP contribution is -2.31. The lowest BCUT2D eigenvalue weighted by Gasteiger charge is -2.38. The zero-order valence-corrected chi connectivity index (χ0v) is 9.30. The second-order valence-corrected chi connectivity index (χ2v) is 5.27. The van der Waals surface area contributed by atoms with Gasteiger partial charge in [0, 0.05) is 12.8 Å². The van der Waals surface area contributed by atoms with Crippen molar-refractivity contribution in [2.24, 2.45) is 17.8 Å². The van der Waals surface area contributed by atoms with Crippen LogP contribution >= 0.6 is 0 Å². The highest BCUT2D eigenvalue weighted by molar-refractivity contribution is 5.79. The first kappa shape index (κ1) is 10.2. The first-order valence-electron chi connectivity index (χ1n) is 6.31. The number of hydrogen-bond donors (Lipinski definition) is 0. The van der Waals surface area contributed by atoms with Gasteiger partial charge < -0.3 is 0 Å². The van der Waals surface area contributed by atoms with Crippen LogP contribution in [0.1, 0.15) is 58.3 Å². The van der Waals surface area contributed by atoms with Gasteiger partial charge in [0.25, 0.3) is 0 Å². The van der Waals surface area contributed by atoms with Crippen molar-refractivity contribution in [1.82, 2.24) is 0 Å². The molecule has 0 aromatic carbocycles. The predicted octanol–water partition coefficient (Wildman–Crippen LogP) is 3.57. The van der Waals surface area contributed by atoms with Gasteiger partial charge in [0.15, 0.2) is 0 Å². The summed E-state index contributed by atoms with van der Waals surface area (Å²) < 4.78 is 0. The van der Waals surface area contributed by atoms with Gasteiger partial charge in [-0.25, -0.2) is 0 Å². The van der Waals surface area contributed by atoms with Gasteiger partial charge in [0.05, 0.1) is 0 Å². The standard InChI is InChI=1S/C13H22O/c1-2-3-10-4-5-12-9-13(14)7-6-11(12)8-10/h10-12H,2-9H2,1H3. The molecule has 0 aromatic heterocycles. The molecule has 3 atom stereocenters. The molecule has 0 radical (unpaired) electrons. The van der Waals surface area contributed by atoms with Crippen LogP contribution < -0.4 is 0 Å². The Morgan fingerprint density at radius 2 is 2.07 bits per heavy atom. The van der Waals surface area contributed by atoms with Crippen LogP contribution in [-0.2, 0) is 4.79 Å². The fourth-order valence-electron chi connectivity index (χ4n) is 3.46. The fourth-order valence-corrected chi connectivity index (χ4v) is 3.46. The highest BCUT2D eigenvalue weighted by Crippen LogP contribution is 2.42. The zero-order valence-electron chi connectivity index (χ0n) is 9.30. The van der Waals surface area contributed by atoms with Crippen LogP contribution in [0.4, 0.5) is 0 Å². The molecule has 0 bridgehead atoms. The van der Waals surface area contributed by atoms with Crippen LogP contribution in [0, 0.1) is 17.8 Å². The van der Waals surface area contributed by atoms with Crippen LogP contribution in [0.25, 0.3) is 0 Å². The summed E-state index contributed by atoms with van der Waals surface area (Å²) in [6.45, 7) is 2.29. The topological polar surface area (TPSA) is 17.1 Å². The van der Waals surface area contributed by atoms with E-state index in [0.29, 0.717) is 5.78 Å². The van der Waals surface area contributed by atoms with E-state index in [1.165, 1.54) is 38.5 Å². The number of rotatable bonds is 2. The largest absolute Gasteiger partial charge is 0.300 e. The Morgan fingerprint density at radius 1 is 1.21 bits per heavy atom. The minimum atomic E-state index is 0.528. The molecule has 0 amide bonds. The van der Waals surface area contributed by atoms with Crippen LogP contribution in [0.2, 0.25) is 0 Å². The lowest BCUT2D eigenvalue weighted by molar-refractivity contribution is -0.123. The molecule has 1 nitrogen and oxygen atoms in total. The van der Waals surface area contributed by atoms with E-state index in [9.17, 15) is 4.79 Å². The van der Waals surface area contributed by atoms with Gasteiger partial charge >= 0.3 is 0 Å². The molecule has 3 unspecified atom stereocenters. The first-order chi connectivity index (χ1) is 6.79. The van der Waals surface area contributed by atoms with Crippen molar-refractivity contribution in [1.29, 1.82) is 0 Å². The molecule has 0 N–H and O–H groups in total. The van der Waals surface area contributed by atoms with Gasteiger partial charge in [0.1, 0.15) is 5.78 Å². The number of carbonyl (C=O) groups is 1. The smallest absolute Gasteiger partial charge is 0.133 e. The van der Waals surface area contributed by atoms with E-state index in [1.54, 1.807) is 0 Å². The average Bonchev–Trinajstić information content (AvgIpc) is 2.19. The molecular formula is C13H22O. The Labute approximate surface area is 87.3 Å². The highest BCUT2D eigenvalue weighted by atomic mass is 16.1. The monoisotopic (exact) mass is 194 g/mol. The Balaban J connectivity index is 1.88. The van der Waals surface area contributed by atoms with Crippen molar-refractivity contribution in [3.05, 3.63) is 0 Å². The van der Waals surface area contributed by atoms with E-state index in [0.717, 1.165) is 30.6 Å². The summed E-state index contributed by atoms with van der Waals surface area (Å²) in [5.41, 5.74) is 0. The molecule has 2 saturated carbocycles. The molecule has 2 fully saturated rings. The zero-order chi connectivity index (χ0) is 9.97. The summed E-state index contributed by atoms with van der Waals surface area (Å²) >= 11 is 0. The molecular weight excluding hydrogens is 172 g/mol. The lowest BCUT2D eigenvalue weighted by atomic mass is 9.66. The summed E-state index contributed by atoms with van der Waals surface area (Å²) in [7, 11) is 0. The van der Waals surface area contributed by atoms with E-state index < -0.39 is 0 Å². The third-order valence-electron chi connectivity index (χ3n) is 4.23. The molecule has 0 heterocycles. The molecule has 0 saturated heterocycles. The molecule has 0 spiro atoms. The Kier molecular flexibility index (Phi) is 3.25. The first-order valence-corrected chi connectivity index (χ1v) is 6.31. The van der Waals surface area contributed by atoms with Gasteiger partial charge in [-0.1, -0.05) is 26.2 Å². The van der Waals surface area contributed by atoms with Gasteiger partial charge in [0.2, 0.25) is 0 Å². The number of hydrogen-bond acceptors (Lipinski definition) is 1. The molecule has 2 rings (SSSR count). The maximum atomic E-state index is 11.3. The molecule has 0 aromatic rings. The predicted molar refractivity (Wildman–Crippen MR) is 58.1 cm³/mol. The number of carbonyl (C=O) groups excluding carboxylic acids is 1. The number of ketones is 1. The SMILES string of the molecule is CCCC1CCC2CC(=O)CCC2C1. The van der Waals surface area contributed by atoms with Gasteiger partial charge in [-0.3, -0.25) is 4.79 Å². The molecule has 14 heavy (non-hydrogen) atoms. The molecule has 0 aliphatic heterocycles.